The highest BCUT2D eigenvalue weighted by atomic mass is 14.6. The molecule has 0 atom stereocenters. The van der Waals surface area contributed by atoms with Crippen LogP contribution in [-0.4, -0.2) is 6.54 Å². The molecule has 35 valence electrons. The third-order valence-corrected chi connectivity index (χ3v) is 1.53. The van der Waals surface area contributed by atoms with Crippen LogP contribution in [-0.2, 0) is 0 Å². The van der Waals surface area contributed by atoms with Crippen molar-refractivity contribution in [2.75, 3.05) is 6.54 Å². The Bertz CT molecular complexity index is 55.0. The van der Waals surface area contributed by atoms with Gasteiger partial charge in [0.05, 0.1) is 0 Å². The van der Waals surface area contributed by atoms with Gasteiger partial charge in [0.25, 0.3) is 0 Å². The van der Waals surface area contributed by atoms with Gasteiger partial charge in [-0.15, -0.1) is 0 Å². The Morgan fingerprint density at radius 3 is 2.17 bits per heavy atom. The van der Waals surface area contributed by atoms with E-state index in [0.717, 1.165) is 0 Å². The zero-order chi connectivity index (χ0) is 4.62. The molecule has 0 aromatic rings. The van der Waals surface area contributed by atoms with Crippen LogP contribution in [0.3, 0.4) is 0 Å². The van der Waals surface area contributed by atoms with Crippen LogP contribution in [0.15, 0.2) is 0 Å². The summed E-state index contributed by atoms with van der Waals surface area (Å²) in [5.41, 5.74) is 7.38. The third-order valence-electron chi connectivity index (χ3n) is 1.53. The minimum Gasteiger partial charge on any atom is -0.257 e. The second kappa shape index (κ2) is 0.969. The van der Waals surface area contributed by atoms with Gasteiger partial charge < -0.3 is 0 Å². The highest BCUT2D eigenvalue weighted by molar-refractivity contribution is 4.88. The Labute approximate surface area is 38.5 Å². The molecule has 0 aliphatic heterocycles. The van der Waals surface area contributed by atoms with E-state index < -0.39 is 0 Å². The van der Waals surface area contributed by atoms with Gasteiger partial charge in [0.2, 0.25) is 0 Å². The maximum absolute atomic E-state index is 6.92. The zero-order valence-electron chi connectivity index (χ0n) is 4.12. The largest absolute Gasteiger partial charge is 0.257 e. The first kappa shape index (κ1) is 4.13. The molecule has 0 amide bonds. The standard InChI is InChI=1S/C5H10N/c1-5(4-6)2-3-5/h6H,2-4H2,1H3. The van der Waals surface area contributed by atoms with Gasteiger partial charge in [-0.25, -0.2) is 0 Å². The topological polar surface area (TPSA) is 23.8 Å². The fourth-order valence-electron chi connectivity index (χ4n) is 0.390. The summed E-state index contributed by atoms with van der Waals surface area (Å²) in [4.78, 5) is 0. The van der Waals surface area contributed by atoms with Crippen LogP contribution in [0.25, 0.3) is 0 Å². The highest BCUT2D eigenvalue weighted by Gasteiger charge is 2.35. The molecular formula is C5H10N. The average molecular weight is 84.1 g/mol. The molecule has 6 heavy (non-hydrogen) atoms. The molecular weight excluding hydrogens is 74.1 g/mol. The first-order valence-electron chi connectivity index (χ1n) is 2.41. The quantitative estimate of drug-likeness (QED) is 0.454. The zero-order valence-corrected chi connectivity index (χ0v) is 4.12. The summed E-state index contributed by atoms with van der Waals surface area (Å²) in [6.45, 7) is 2.80. The van der Waals surface area contributed by atoms with Crippen molar-refractivity contribution < 1.29 is 0 Å². The van der Waals surface area contributed by atoms with E-state index in [1.165, 1.54) is 12.8 Å². The second-order valence-corrected chi connectivity index (χ2v) is 2.49. The van der Waals surface area contributed by atoms with Crippen molar-refractivity contribution in [1.29, 1.82) is 0 Å². The normalized spacial score (nSPS) is 27.0. The van der Waals surface area contributed by atoms with Crippen molar-refractivity contribution in [3.05, 3.63) is 0 Å². The summed E-state index contributed by atoms with van der Waals surface area (Å²) in [7, 11) is 0. The molecule has 0 saturated heterocycles. The molecule has 1 aliphatic rings. The number of hydrogen-bond acceptors (Lipinski definition) is 0. The summed E-state index contributed by atoms with van der Waals surface area (Å²) in [6.07, 6.45) is 2.58. The number of hydrogen-bond donors (Lipinski definition) is 0. The summed E-state index contributed by atoms with van der Waals surface area (Å²) in [6, 6.07) is 0. The molecule has 1 N–H and O–H groups in total. The molecule has 0 aromatic carbocycles. The Hall–Kier alpha value is -0.0400. The molecule has 0 heterocycles. The van der Waals surface area contributed by atoms with Gasteiger partial charge in [0, 0.05) is 6.54 Å². The summed E-state index contributed by atoms with van der Waals surface area (Å²) >= 11 is 0. The van der Waals surface area contributed by atoms with E-state index in [1.54, 1.807) is 0 Å². The van der Waals surface area contributed by atoms with Crippen LogP contribution in [0.5, 0.6) is 0 Å². The molecule has 1 saturated carbocycles. The molecule has 1 aliphatic carbocycles. The van der Waals surface area contributed by atoms with Gasteiger partial charge in [0.1, 0.15) is 0 Å². The molecule has 0 aromatic heterocycles. The minimum atomic E-state index is 0.458. The lowest BCUT2D eigenvalue weighted by Gasteiger charge is -1.96. The second-order valence-electron chi connectivity index (χ2n) is 2.49. The van der Waals surface area contributed by atoms with Crippen LogP contribution in [0.2, 0.25) is 0 Å². The van der Waals surface area contributed by atoms with Crippen molar-refractivity contribution in [3.8, 4) is 0 Å². The predicted octanol–water partition coefficient (Wildman–Crippen LogP) is 1.07. The molecule has 1 fully saturated rings. The van der Waals surface area contributed by atoms with Gasteiger partial charge in [-0.05, 0) is 18.3 Å². The van der Waals surface area contributed by atoms with E-state index in [2.05, 4.69) is 6.92 Å². The fourth-order valence-corrected chi connectivity index (χ4v) is 0.390. The van der Waals surface area contributed by atoms with Crippen LogP contribution >= 0.6 is 0 Å². The van der Waals surface area contributed by atoms with E-state index in [4.69, 9.17) is 5.73 Å². The third kappa shape index (κ3) is 0.548. The SMILES string of the molecule is CC1(C[NH])CC1. The monoisotopic (exact) mass is 84.1 g/mol. The Balaban J connectivity index is 2.28. The first-order chi connectivity index (χ1) is 2.77. The van der Waals surface area contributed by atoms with E-state index in [0.29, 0.717) is 12.0 Å². The lowest BCUT2D eigenvalue weighted by molar-refractivity contribution is 0.579. The molecule has 0 bridgehead atoms. The molecule has 1 nitrogen and oxygen atoms in total. The van der Waals surface area contributed by atoms with Gasteiger partial charge in [0.15, 0.2) is 0 Å². The highest BCUT2D eigenvalue weighted by Crippen LogP contribution is 2.43. The maximum Gasteiger partial charge on any atom is 0.0154 e. The maximum atomic E-state index is 6.92. The van der Waals surface area contributed by atoms with E-state index in [-0.39, 0.29) is 0 Å². The van der Waals surface area contributed by atoms with Crippen molar-refractivity contribution in [3.63, 3.8) is 0 Å². The number of rotatable bonds is 1. The van der Waals surface area contributed by atoms with E-state index in [9.17, 15) is 0 Å². The van der Waals surface area contributed by atoms with E-state index >= 15 is 0 Å². The molecule has 1 radical (unpaired) electrons. The Kier molecular flexibility index (Phi) is 0.667. The minimum absolute atomic E-state index is 0.458. The van der Waals surface area contributed by atoms with Crippen molar-refractivity contribution >= 4 is 0 Å². The fraction of sp³-hybridized carbons (Fsp3) is 1.00. The van der Waals surface area contributed by atoms with Crippen molar-refractivity contribution in [1.82, 2.24) is 5.73 Å². The summed E-state index contributed by atoms with van der Waals surface area (Å²) in [5, 5.41) is 0. The average Bonchev–Trinajstić information content (AvgIpc) is 2.22. The van der Waals surface area contributed by atoms with E-state index in [1.807, 2.05) is 0 Å². The van der Waals surface area contributed by atoms with Gasteiger partial charge in [-0.2, -0.15) is 0 Å². The molecule has 1 rings (SSSR count). The molecule has 0 spiro atoms. The van der Waals surface area contributed by atoms with Gasteiger partial charge in [-0.3, -0.25) is 5.73 Å². The first-order valence-corrected chi connectivity index (χ1v) is 2.41. The summed E-state index contributed by atoms with van der Waals surface area (Å²) in [5.74, 6) is 0. The lowest BCUT2D eigenvalue weighted by atomic mass is 10.2. The van der Waals surface area contributed by atoms with Crippen LogP contribution in [0.1, 0.15) is 19.8 Å². The Morgan fingerprint density at radius 2 is 2.17 bits per heavy atom. The van der Waals surface area contributed by atoms with Crippen molar-refractivity contribution in [2.24, 2.45) is 5.41 Å². The van der Waals surface area contributed by atoms with Gasteiger partial charge >= 0.3 is 0 Å². The molecule has 1 heteroatoms. The van der Waals surface area contributed by atoms with Gasteiger partial charge in [-0.1, -0.05) is 6.92 Å². The number of nitrogens with one attached hydrogen (secondary N) is 1. The molecule has 0 unspecified atom stereocenters. The predicted molar refractivity (Wildman–Crippen MR) is 25.3 cm³/mol. The smallest absolute Gasteiger partial charge is 0.0154 e. The lowest BCUT2D eigenvalue weighted by Crippen LogP contribution is -1.99. The van der Waals surface area contributed by atoms with Crippen LogP contribution in [0.4, 0.5) is 0 Å². The van der Waals surface area contributed by atoms with Crippen LogP contribution in [0, 0.1) is 5.41 Å². The summed E-state index contributed by atoms with van der Waals surface area (Å²) < 4.78 is 0. The van der Waals surface area contributed by atoms with Crippen molar-refractivity contribution in [2.45, 2.75) is 19.8 Å². The van der Waals surface area contributed by atoms with Crippen LogP contribution < -0.4 is 5.73 Å². The Morgan fingerprint density at radius 1 is 1.67 bits per heavy atom.